The molecule has 5 nitrogen and oxygen atoms in total. The Balaban J connectivity index is 2.42. The van der Waals surface area contributed by atoms with Crippen LogP contribution in [0.1, 0.15) is 60.3 Å². The van der Waals surface area contributed by atoms with E-state index in [0.717, 1.165) is 24.0 Å². The zero-order valence-corrected chi connectivity index (χ0v) is 17.0. The fourth-order valence-electron chi connectivity index (χ4n) is 3.97. The highest BCUT2D eigenvalue weighted by Crippen LogP contribution is 2.34. The van der Waals surface area contributed by atoms with Crippen LogP contribution in [0.25, 0.3) is 0 Å². The highest BCUT2D eigenvalue weighted by molar-refractivity contribution is 5.91. The minimum atomic E-state index is -0.711. The van der Waals surface area contributed by atoms with E-state index in [4.69, 9.17) is 9.47 Å². The Morgan fingerprint density at radius 2 is 1.93 bits per heavy atom. The summed E-state index contributed by atoms with van der Waals surface area (Å²) in [5.74, 6) is -0.715. The van der Waals surface area contributed by atoms with E-state index < -0.39 is 12.2 Å². The lowest BCUT2D eigenvalue weighted by molar-refractivity contribution is -0.156. The van der Waals surface area contributed by atoms with Gasteiger partial charge in [0.25, 0.3) is 0 Å². The van der Waals surface area contributed by atoms with Crippen molar-refractivity contribution >= 4 is 11.9 Å². The van der Waals surface area contributed by atoms with E-state index in [1.165, 1.54) is 6.92 Å². The Kier molecular flexibility index (Phi) is 7.42. The molecule has 0 saturated heterocycles. The smallest absolute Gasteiger partial charge is 0.334 e. The second-order valence-corrected chi connectivity index (χ2v) is 8.11. The van der Waals surface area contributed by atoms with Gasteiger partial charge in [-0.05, 0) is 38.7 Å². The quantitative estimate of drug-likeness (QED) is 0.585. The molecular formula is C22H32O5. The molecule has 0 aromatic rings. The van der Waals surface area contributed by atoms with Crippen LogP contribution in [0.2, 0.25) is 0 Å². The van der Waals surface area contributed by atoms with Crippen molar-refractivity contribution in [3.63, 3.8) is 0 Å². The summed E-state index contributed by atoms with van der Waals surface area (Å²) in [4.78, 5) is 24.1. The van der Waals surface area contributed by atoms with Crippen LogP contribution in [0.3, 0.4) is 0 Å². The molecule has 0 spiro atoms. The molecule has 2 bridgehead atoms. The lowest BCUT2D eigenvalue weighted by atomic mass is 9.82. The monoisotopic (exact) mass is 376 g/mol. The Labute approximate surface area is 162 Å². The molecule has 150 valence electrons. The normalized spacial score (nSPS) is 33.9. The molecule has 2 rings (SSSR count). The topological polar surface area (TPSA) is 72.8 Å². The Morgan fingerprint density at radius 3 is 2.56 bits per heavy atom. The standard InChI is InChI=1S/C22H32O5/c1-13(2)21-19(26-16(5)23)10-15(4)8-6-7-14(3)9-18(24)11-17-12-20(21)27-22(17)25/h8-9,12-13,18-21,24H,6-7,10-11H2,1-5H3/b14-9+,15-8-/t18-,19?,20-,21+/m0/s1. The van der Waals surface area contributed by atoms with E-state index in [2.05, 4.69) is 6.08 Å². The first kappa shape index (κ1) is 21.4. The first-order chi connectivity index (χ1) is 12.7. The summed E-state index contributed by atoms with van der Waals surface area (Å²) >= 11 is 0. The number of aliphatic hydroxyl groups excluding tert-OH is 1. The number of hydrogen-bond acceptors (Lipinski definition) is 5. The molecule has 0 radical (unpaired) electrons. The van der Waals surface area contributed by atoms with E-state index in [1.54, 1.807) is 6.08 Å². The van der Waals surface area contributed by atoms with Crippen molar-refractivity contribution < 1.29 is 24.2 Å². The molecule has 1 aliphatic carbocycles. The van der Waals surface area contributed by atoms with Gasteiger partial charge < -0.3 is 14.6 Å². The number of rotatable bonds is 2. The van der Waals surface area contributed by atoms with Crippen LogP contribution in [0.5, 0.6) is 0 Å². The number of esters is 2. The van der Waals surface area contributed by atoms with E-state index in [0.29, 0.717) is 12.0 Å². The third-order valence-corrected chi connectivity index (χ3v) is 5.23. The maximum absolute atomic E-state index is 12.3. The fourth-order valence-corrected chi connectivity index (χ4v) is 3.97. The third kappa shape index (κ3) is 6.06. The van der Waals surface area contributed by atoms with E-state index in [-0.39, 0.29) is 36.3 Å². The molecule has 0 amide bonds. The van der Waals surface area contributed by atoms with Crippen molar-refractivity contribution in [2.75, 3.05) is 0 Å². The van der Waals surface area contributed by atoms with Gasteiger partial charge in [0.15, 0.2) is 0 Å². The van der Waals surface area contributed by atoms with Gasteiger partial charge in [0.2, 0.25) is 0 Å². The molecular weight excluding hydrogens is 344 g/mol. The van der Waals surface area contributed by atoms with Crippen LogP contribution in [-0.4, -0.2) is 35.4 Å². The lowest BCUT2D eigenvalue weighted by Gasteiger charge is -2.33. The molecule has 1 aliphatic heterocycles. The van der Waals surface area contributed by atoms with Crippen LogP contribution in [0.4, 0.5) is 0 Å². The van der Waals surface area contributed by atoms with Crippen molar-refractivity contribution in [2.24, 2.45) is 11.8 Å². The minimum absolute atomic E-state index is 0.143. The van der Waals surface area contributed by atoms with Gasteiger partial charge in [0.05, 0.1) is 6.10 Å². The van der Waals surface area contributed by atoms with E-state index in [1.807, 2.05) is 33.8 Å². The molecule has 4 atom stereocenters. The first-order valence-corrected chi connectivity index (χ1v) is 9.77. The zero-order chi connectivity index (χ0) is 20.1. The van der Waals surface area contributed by atoms with Crippen LogP contribution in [0, 0.1) is 11.8 Å². The molecule has 27 heavy (non-hydrogen) atoms. The van der Waals surface area contributed by atoms with E-state index >= 15 is 0 Å². The summed E-state index contributed by atoms with van der Waals surface area (Å²) in [7, 11) is 0. The summed E-state index contributed by atoms with van der Waals surface area (Å²) in [5, 5.41) is 10.3. The number of fused-ring (bicyclic) bond motifs is 1. The first-order valence-electron chi connectivity index (χ1n) is 9.77. The summed E-state index contributed by atoms with van der Waals surface area (Å²) < 4.78 is 11.3. The predicted octanol–water partition coefficient (Wildman–Crippen LogP) is 3.87. The molecule has 0 fully saturated rings. The average molecular weight is 376 g/mol. The van der Waals surface area contributed by atoms with Crippen molar-refractivity contribution in [3.8, 4) is 0 Å². The van der Waals surface area contributed by atoms with Gasteiger partial charge in [0, 0.05) is 31.3 Å². The summed E-state index contributed by atoms with van der Waals surface area (Å²) in [6, 6.07) is 0. The molecule has 1 heterocycles. The van der Waals surface area contributed by atoms with Gasteiger partial charge in [-0.1, -0.05) is 37.1 Å². The molecule has 1 unspecified atom stereocenters. The Hall–Kier alpha value is -1.88. The molecule has 2 aliphatic rings. The predicted molar refractivity (Wildman–Crippen MR) is 104 cm³/mol. The van der Waals surface area contributed by atoms with Crippen LogP contribution >= 0.6 is 0 Å². The van der Waals surface area contributed by atoms with Gasteiger partial charge in [-0.3, -0.25) is 4.79 Å². The fraction of sp³-hybridized carbons (Fsp3) is 0.636. The van der Waals surface area contributed by atoms with Gasteiger partial charge in [0.1, 0.15) is 12.2 Å². The minimum Gasteiger partial charge on any atom is -0.462 e. The maximum atomic E-state index is 12.3. The SMILES string of the molecule is CC(=O)OC1C/C(C)=C\CC/C(C)=C/[C@H](O)CC2=C[C@H](OC2=O)[C@@H]1C(C)C. The van der Waals surface area contributed by atoms with Gasteiger partial charge >= 0.3 is 11.9 Å². The second kappa shape index (κ2) is 9.36. The van der Waals surface area contributed by atoms with Crippen molar-refractivity contribution in [3.05, 3.63) is 34.9 Å². The number of hydrogen-bond donors (Lipinski definition) is 1. The van der Waals surface area contributed by atoms with Crippen molar-refractivity contribution in [2.45, 2.75) is 78.6 Å². The van der Waals surface area contributed by atoms with Gasteiger partial charge in [-0.15, -0.1) is 0 Å². The van der Waals surface area contributed by atoms with Gasteiger partial charge in [-0.2, -0.15) is 0 Å². The number of ether oxygens (including phenoxy) is 2. The average Bonchev–Trinajstić information content (AvgIpc) is 2.85. The van der Waals surface area contributed by atoms with Crippen LogP contribution < -0.4 is 0 Å². The number of allylic oxidation sites excluding steroid dienone is 2. The Morgan fingerprint density at radius 1 is 1.22 bits per heavy atom. The zero-order valence-electron chi connectivity index (χ0n) is 17.0. The number of carbonyl (C=O) groups excluding carboxylic acids is 2. The molecule has 0 aromatic carbocycles. The highest BCUT2D eigenvalue weighted by atomic mass is 16.6. The maximum Gasteiger partial charge on any atom is 0.334 e. The molecule has 0 saturated carbocycles. The largest absolute Gasteiger partial charge is 0.462 e. The number of aliphatic hydroxyl groups is 1. The Bertz CT molecular complexity index is 656. The third-order valence-electron chi connectivity index (χ3n) is 5.23. The summed E-state index contributed by atoms with van der Waals surface area (Å²) in [5.41, 5.74) is 2.72. The van der Waals surface area contributed by atoms with Gasteiger partial charge in [-0.25, -0.2) is 4.79 Å². The lowest BCUT2D eigenvalue weighted by Crippen LogP contribution is -2.38. The van der Waals surface area contributed by atoms with E-state index in [9.17, 15) is 14.7 Å². The molecule has 1 N–H and O–H groups in total. The van der Waals surface area contributed by atoms with Crippen LogP contribution in [0.15, 0.2) is 34.9 Å². The molecule has 0 aromatic heterocycles. The number of carbonyl (C=O) groups is 2. The highest BCUT2D eigenvalue weighted by Gasteiger charge is 2.39. The van der Waals surface area contributed by atoms with Crippen molar-refractivity contribution in [1.82, 2.24) is 0 Å². The molecule has 5 heteroatoms. The second-order valence-electron chi connectivity index (χ2n) is 8.11. The summed E-state index contributed by atoms with van der Waals surface area (Å²) in [6.45, 7) is 9.52. The van der Waals surface area contributed by atoms with Crippen LogP contribution in [-0.2, 0) is 19.1 Å². The summed E-state index contributed by atoms with van der Waals surface area (Å²) in [6.07, 6.45) is 6.81. The van der Waals surface area contributed by atoms with Crippen molar-refractivity contribution in [1.29, 1.82) is 0 Å².